The first-order valence-electron chi connectivity index (χ1n) is 13.4. The Balaban J connectivity index is 1.52. The zero-order valence-electron chi connectivity index (χ0n) is 22.6. The number of hydrogen-bond acceptors (Lipinski definition) is 7. The van der Waals surface area contributed by atoms with Crippen LogP contribution in [0.4, 0.5) is 10.2 Å². The molecule has 2 aliphatic heterocycles. The zero-order chi connectivity index (χ0) is 28.2. The molecule has 3 aromatic carbocycles. The smallest absolute Gasteiger partial charge is 0.319 e. The number of ether oxygens (including phenoxy) is 1. The van der Waals surface area contributed by atoms with E-state index < -0.39 is 11.4 Å². The fourth-order valence-electron chi connectivity index (χ4n) is 5.94. The van der Waals surface area contributed by atoms with Crippen molar-refractivity contribution in [2.24, 2.45) is 0 Å². The van der Waals surface area contributed by atoms with Gasteiger partial charge in [0.15, 0.2) is 5.82 Å². The van der Waals surface area contributed by atoms with Gasteiger partial charge < -0.3 is 25.4 Å². The van der Waals surface area contributed by atoms with Gasteiger partial charge in [0.05, 0.1) is 10.6 Å². The minimum Gasteiger partial charge on any atom is -0.508 e. The van der Waals surface area contributed by atoms with Crippen molar-refractivity contribution in [1.82, 2.24) is 20.6 Å². The van der Waals surface area contributed by atoms with Crippen LogP contribution in [-0.4, -0.2) is 58.3 Å². The van der Waals surface area contributed by atoms with Crippen molar-refractivity contribution in [1.29, 1.82) is 0 Å². The van der Waals surface area contributed by atoms with Crippen LogP contribution in [0.5, 0.6) is 11.8 Å². The summed E-state index contributed by atoms with van der Waals surface area (Å²) in [6.45, 7) is 6.63. The van der Waals surface area contributed by atoms with E-state index in [0.29, 0.717) is 28.9 Å². The molecule has 2 bridgehead atoms. The molecular weight excluding hydrogens is 533 g/mol. The van der Waals surface area contributed by atoms with Crippen LogP contribution in [0.25, 0.3) is 32.8 Å². The standard InChI is InChI=1S/C30H31ClFN5O3/c1-16(38)36-30(2,3)15-40-29-34-27-23(28(35-29)37-13-18-8-9-19(14-37)33-18)12-24(31)25(26(27)32)22-11-20(39)10-17-6-4-5-7-21(17)22/h4-7,10-12,18-19,33,39H,8-9,13-15H2,1-3H3,(H,36,38). The number of hydrogen-bond donors (Lipinski definition) is 3. The molecule has 40 heavy (non-hydrogen) atoms. The highest BCUT2D eigenvalue weighted by Gasteiger charge is 2.34. The summed E-state index contributed by atoms with van der Waals surface area (Å²) in [5.41, 5.74) is 0.00309. The Hall–Kier alpha value is -3.69. The lowest BCUT2D eigenvalue weighted by atomic mass is 9.96. The summed E-state index contributed by atoms with van der Waals surface area (Å²) < 4.78 is 22.6. The summed E-state index contributed by atoms with van der Waals surface area (Å²) in [5, 5.41) is 19.1. The van der Waals surface area contributed by atoms with Crippen LogP contribution in [0.15, 0.2) is 42.5 Å². The van der Waals surface area contributed by atoms with Gasteiger partial charge in [0.25, 0.3) is 0 Å². The Kier molecular flexibility index (Phi) is 6.67. The SMILES string of the molecule is CC(=O)NC(C)(C)COc1nc(N2CC3CCC(C2)N3)c2cc(Cl)c(-c3cc(O)cc4ccccc34)c(F)c2n1. The Morgan fingerprint density at radius 2 is 1.90 bits per heavy atom. The first-order valence-corrected chi connectivity index (χ1v) is 13.8. The highest BCUT2D eigenvalue weighted by Crippen LogP contribution is 2.42. The summed E-state index contributed by atoms with van der Waals surface area (Å²) in [5.74, 6) is -0.239. The molecule has 0 aliphatic carbocycles. The molecule has 0 saturated carbocycles. The van der Waals surface area contributed by atoms with E-state index in [9.17, 15) is 9.90 Å². The van der Waals surface area contributed by atoms with Gasteiger partial charge in [-0.25, -0.2) is 4.39 Å². The summed E-state index contributed by atoms with van der Waals surface area (Å²) in [7, 11) is 0. The Bertz CT molecular complexity index is 1630. The zero-order valence-corrected chi connectivity index (χ0v) is 23.3. The molecule has 2 aliphatic rings. The molecule has 8 nitrogen and oxygen atoms in total. The minimum absolute atomic E-state index is 0.00755. The first kappa shape index (κ1) is 26.5. The van der Waals surface area contributed by atoms with Crippen LogP contribution in [0.2, 0.25) is 5.02 Å². The lowest BCUT2D eigenvalue weighted by molar-refractivity contribution is -0.120. The maximum absolute atomic E-state index is 16.6. The Labute approximate surface area is 236 Å². The molecule has 10 heteroatoms. The van der Waals surface area contributed by atoms with E-state index in [-0.39, 0.29) is 40.4 Å². The monoisotopic (exact) mass is 563 g/mol. The van der Waals surface area contributed by atoms with E-state index in [0.717, 1.165) is 36.7 Å². The average molecular weight is 564 g/mol. The van der Waals surface area contributed by atoms with E-state index >= 15 is 4.39 Å². The van der Waals surface area contributed by atoms with Crippen LogP contribution in [0.1, 0.15) is 33.6 Å². The van der Waals surface area contributed by atoms with Crippen molar-refractivity contribution in [3.05, 3.63) is 53.3 Å². The van der Waals surface area contributed by atoms with E-state index in [2.05, 4.69) is 20.5 Å². The van der Waals surface area contributed by atoms with Gasteiger partial charge in [0.2, 0.25) is 5.91 Å². The van der Waals surface area contributed by atoms with Gasteiger partial charge in [-0.05, 0) is 61.2 Å². The number of nitrogens with zero attached hydrogens (tertiary/aromatic N) is 3. The maximum Gasteiger partial charge on any atom is 0.319 e. The van der Waals surface area contributed by atoms with Crippen LogP contribution < -0.4 is 20.3 Å². The quantitative estimate of drug-likeness (QED) is 0.297. The van der Waals surface area contributed by atoms with Crippen molar-refractivity contribution >= 4 is 45.0 Å². The van der Waals surface area contributed by atoms with Crippen molar-refractivity contribution < 1.29 is 19.0 Å². The number of halogens is 2. The third-order valence-corrected chi connectivity index (χ3v) is 7.85. The third-order valence-electron chi connectivity index (χ3n) is 7.55. The van der Waals surface area contributed by atoms with E-state index in [1.165, 1.54) is 13.0 Å². The van der Waals surface area contributed by atoms with Gasteiger partial charge in [-0.3, -0.25) is 4.79 Å². The van der Waals surface area contributed by atoms with Crippen LogP contribution in [0.3, 0.4) is 0 Å². The Morgan fingerprint density at radius 3 is 2.62 bits per heavy atom. The number of amides is 1. The molecule has 3 heterocycles. The van der Waals surface area contributed by atoms with Gasteiger partial charge in [0, 0.05) is 43.0 Å². The summed E-state index contributed by atoms with van der Waals surface area (Å²) in [6.07, 6.45) is 2.14. The number of phenols is 1. The number of fused-ring (bicyclic) bond motifs is 4. The second-order valence-corrected chi connectivity index (χ2v) is 11.8. The summed E-state index contributed by atoms with van der Waals surface area (Å²) in [6, 6.07) is 13.0. The predicted octanol–water partition coefficient (Wildman–Crippen LogP) is 5.18. The van der Waals surface area contributed by atoms with Crippen LogP contribution in [-0.2, 0) is 4.79 Å². The normalized spacial score (nSPS) is 18.9. The molecule has 4 aromatic rings. The molecule has 1 amide bonds. The fourth-order valence-corrected chi connectivity index (χ4v) is 6.24. The molecule has 0 radical (unpaired) electrons. The first-order chi connectivity index (χ1) is 19.1. The largest absolute Gasteiger partial charge is 0.508 e. The number of carbonyl (C=O) groups is 1. The molecule has 208 valence electrons. The fraction of sp³-hybridized carbons (Fsp3) is 0.367. The number of anilines is 1. The Morgan fingerprint density at radius 1 is 1.18 bits per heavy atom. The topological polar surface area (TPSA) is 99.6 Å². The van der Waals surface area contributed by atoms with Crippen LogP contribution in [0, 0.1) is 5.82 Å². The number of piperazine rings is 1. The van der Waals surface area contributed by atoms with Crippen molar-refractivity contribution in [3.8, 4) is 22.9 Å². The lowest BCUT2D eigenvalue weighted by Gasteiger charge is -2.34. The van der Waals surface area contributed by atoms with Gasteiger partial charge in [-0.2, -0.15) is 9.97 Å². The summed E-state index contributed by atoms with van der Waals surface area (Å²) in [4.78, 5) is 23.0. The molecule has 3 N–H and O–H groups in total. The highest BCUT2D eigenvalue weighted by molar-refractivity contribution is 6.35. The van der Waals surface area contributed by atoms with E-state index in [1.54, 1.807) is 12.1 Å². The molecule has 0 spiro atoms. The van der Waals surface area contributed by atoms with Crippen LogP contribution >= 0.6 is 11.6 Å². The van der Waals surface area contributed by atoms with Gasteiger partial charge in [-0.15, -0.1) is 0 Å². The highest BCUT2D eigenvalue weighted by atomic mass is 35.5. The number of benzene rings is 3. The molecule has 2 atom stereocenters. The van der Waals surface area contributed by atoms with Gasteiger partial charge in [-0.1, -0.05) is 35.9 Å². The van der Waals surface area contributed by atoms with E-state index in [4.69, 9.17) is 21.3 Å². The third kappa shape index (κ3) is 4.99. The lowest BCUT2D eigenvalue weighted by Crippen LogP contribution is -2.51. The van der Waals surface area contributed by atoms with Crippen molar-refractivity contribution in [2.45, 2.75) is 51.2 Å². The number of carbonyl (C=O) groups excluding carboxylic acids is 1. The molecule has 2 saturated heterocycles. The second-order valence-electron chi connectivity index (χ2n) is 11.4. The molecule has 2 fully saturated rings. The maximum atomic E-state index is 16.6. The number of rotatable bonds is 6. The number of aromatic hydroxyl groups is 1. The van der Waals surface area contributed by atoms with Gasteiger partial charge in [0.1, 0.15) is 23.7 Å². The van der Waals surface area contributed by atoms with Crippen molar-refractivity contribution in [2.75, 3.05) is 24.6 Å². The average Bonchev–Trinajstić information content (AvgIpc) is 3.23. The number of nitrogens with one attached hydrogen (secondary N) is 2. The minimum atomic E-state index is -0.692. The molecular formula is C30H31ClFN5O3. The molecule has 1 aromatic heterocycles. The van der Waals surface area contributed by atoms with Gasteiger partial charge >= 0.3 is 6.01 Å². The van der Waals surface area contributed by atoms with E-state index in [1.807, 2.05) is 38.1 Å². The molecule has 6 rings (SSSR count). The summed E-state index contributed by atoms with van der Waals surface area (Å²) >= 11 is 6.81. The predicted molar refractivity (Wildman–Crippen MR) is 155 cm³/mol. The molecule has 2 unspecified atom stereocenters. The number of phenolic OH excluding ortho intramolecular Hbond substituents is 1. The second kappa shape index (κ2) is 10.1. The van der Waals surface area contributed by atoms with Crippen molar-refractivity contribution in [3.63, 3.8) is 0 Å². The number of aromatic nitrogens is 2.